The van der Waals surface area contributed by atoms with Gasteiger partial charge in [-0.25, -0.2) is 13.2 Å². The molecule has 3 rings (SSSR count). The molecule has 1 aromatic heterocycles. The van der Waals surface area contributed by atoms with Crippen LogP contribution >= 0.6 is 11.3 Å². The van der Waals surface area contributed by atoms with Crippen molar-refractivity contribution in [2.24, 2.45) is 5.10 Å². The van der Waals surface area contributed by atoms with Crippen molar-refractivity contribution < 1.29 is 18.3 Å². The summed E-state index contributed by atoms with van der Waals surface area (Å²) < 4.78 is 25.3. The first-order valence-electron chi connectivity index (χ1n) is 8.33. The van der Waals surface area contributed by atoms with E-state index >= 15 is 0 Å². The van der Waals surface area contributed by atoms with Gasteiger partial charge in [0.1, 0.15) is 4.88 Å². The number of anilines is 1. The monoisotopic (exact) mass is 414 g/mol. The van der Waals surface area contributed by atoms with Crippen molar-refractivity contribution in [3.05, 3.63) is 76.0 Å². The Morgan fingerprint density at radius 2 is 1.46 bits per heavy atom. The van der Waals surface area contributed by atoms with E-state index in [4.69, 9.17) is 5.11 Å². The first kappa shape index (κ1) is 19.8. The number of carboxylic acids is 1. The van der Waals surface area contributed by atoms with Crippen LogP contribution < -0.4 is 5.43 Å². The molecule has 0 saturated carbocycles. The molecule has 0 aliphatic rings. The number of benzene rings is 2. The molecule has 2 aromatic carbocycles. The van der Waals surface area contributed by atoms with Gasteiger partial charge in [-0.2, -0.15) is 5.10 Å². The summed E-state index contributed by atoms with van der Waals surface area (Å²) in [6.07, 6.45) is 0. The number of hydrogen-bond acceptors (Lipinski definition) is 6. The Balaban J connectivity index is 1.75. The number of thiophene rings is 1. The number of nitrogens with zero attached hydrogens (tertiary/aromatic N) is 1. The van der Waals surface area contributed by atoms with Gasteiger partial charge in [-0.3, -0.25) is 5.43 Å². The summed E-state index contributed by atoms with van der Waals surface area (Å²) >= 11 is 1.14. The number of rotatable bonds is 6. The third-order valence-electron chi connectivity index (χ3n) is 4.02. The summed E-state index contributed by atoms with van der Waals surface area (Å²) in [5.74, 6) is -0.970. The molecule has 8 heteroatoms. The molecule has 2 N–H and O–H groups in total. The highest BCUT2D eigenvalue weighted by Gasteiger charge is 2.17. The molecular formula is C20H18N2O4S2. The molecule has 0 aliphatic heterocycles. The molecule has 0 atom stereocenters. The van der Waals surface area contributed by atoms with Gasteiger partial charge in [-0.05, 0) is 62.4 Å². The molecular weight excluding hydrogens is 396 g/mol. The van der Waals surface area contributed by atoms with Crippen LogP contribution in [0, 0.1) is 6.92 Å². The van der Waals surface area contributed by atoms with E-state index in [0.29, 0.717) is 11.4 Å². The van der Waals surface area contributed by atoms with Gasteiger partial charge in [0.25, 0.3) is 0 Å². The number of hydrazone groups is 1. The van der Waals surface area contributed by atoms with E-state index in [1.807, 2.05) is 6.92 Å². The van der Waals surface area contributed by atoms with Crippen molar-refractivity contribution in [3.63, 3.8) is 0 Å². The topological polar surface area (TPSA) is 95.8 Å². The third kappa shape index (κ3) is 4.29. The zero-order valence-corrected chi connectivity index (χ0v) is 16.8. The van der Waals surface area contributed by atoms with E-state index in [1.54, 1.807) is 49.4 Å². The lowest BCUT2D eigenvalue weighted by molar-refractivity contribution is 0.0702. The zero-order valence-electron chi connectivity index (χ0n) is 15.2. The highest BCUT2D eigenvalue weighted by molar-refractivity contribution is 7.91. The van der Waals surface area contributed by atoms with Crippen LogP contribution in [0.2, 0.25) is 0 Å². The van der Waals surface area contributed by atoms with Crippen LogP contribution in [0.1, 0.15) is 27.0 Å². The Morgan fingerprint density at radius 1 is 0.929 bits per heavy atom. The minimum atomic E-state index is -3.57. The Kier molecular flexibility index (Phi) is 5.62. The molecule has 0 aliphatic carbocycles. The van der Waals surface area contributed by atoms with E-state index < -0.39 is 15.8 Å². The number of hydrogen-bond donors (Lipinski definition) is 2. The van der Waals surface area contributed by atoms with Crippen LogP contribution in [0.5, 0.6) is 0 Å². The second kappa shape index (κ2) is 7.95. The predicted octanol–water partition coefficient (Wildman–Crippen LogP) is 4.42. The standard InChI is InChI=1S/C20H18N2O4S2/c1-13-3-7-16(8-4-13)28(25,26)17-9-5-15(6-10-17)22-21-14(2)18-11-12-19(27-18)20(23)24/h3-12,22H,1-2H3,(H,23,24)/b21-14-. The fraction of sp³-hybridized carbons (Fsp3) is 0.100. The molecule has 144 valence electrons. The van der Waals surface area contributed by atoms with Gasteiger partial charge in [0, 0.05) is 0 Å². The van der Waals surface area contributed by atoms with Crippen LogP contribution in [0.25, 0.3) is 0 Å². The average molecular weight is 415 g/mol. The van der Waals surface area contributed by atoms with Gasteiger partial charge in [-0.15, -0.1) is 11.3 Å². The predicted molar refractivity (Wildman–Crippen MR) is 110 cm³/mol. The molecule has 3 aromatic rings. The first-order chi connectivity index (χ1) is 13.3. The number of carboxylic acid groups (broad SMARTS) is 1. The summed E-state index contributed by atoms with van der Waals surface area (Å²) in [4.78, 5) is 12.4. The van der Waals surface area contributed by atoms with Crippen LogP contribution in [0.3, 0.4) is 0 Å². The molecule has 6 nitrogen and oxygen atoms in total. The van der Waals surface area contributed by atoms with Gasteiger partial charge in [0.15, 0.2) is 0 Å². The van der Waals surface area contributed by atoms with E-state index in [0.717, 1.165) is 21.8 Å². The van der Waals surface area contributed by atoms with E-state index in [-0.39, 0.29) is 14.7 Å². The Morgan fingerprint density at radius 3 is 2.00 bits per heavy atom. The van der Waals surface area contributed by atoms with Crippen molar-refractivity contribution in [3.8, 4) is 0 Å². The van der Waals surface area contributed by atoms with Crippen molar-refractivity contribution in [1.29, 1.82) is 0 Å². The van der Waals surface area contributed by atoms with Gasteiger partial charge in [0.05, 0.1) is 26.1 Å². The highest BCUT2D eigenvalue weighted by atomic mass is 32.2. The van der Waals surface area contributed by atoms with Crippen LogP contribution in [-0.4, -0.2) is 25.2 Å². The van der Waals surface area contributed by atoms with Gasteiger partial charge in [-0.1, -0.05) is 17.7 Å². The zero-order chi connectivity index (χ0) is 20.3. The third-order valence-corrected chi connectivity index (χ3v) is 6.99. The van der Waals surface area contributed by atoms with Crippen molar-refractivity contribution >= 4 is 38.5 Å². The fourth-order valence-corrected chi connectivity index (χ4v) is 4.46. The van der Waals surface area contributed by atoms with Gasteiger partial charge < -0.3 is 5.11 Å². The quantitative estimate of drug-likeness (QED) is 0.460. The molecule has 0 radical (unpaired) electrons. The SMILES string of the molecule is C/C(=N/Nc1ccc(S(=O)(=O)c2ccc(C)cc2)cc1)c1ccc(C(=O)O)s1. The van der Waals surface area contributed by atoms with Gasteiger partial charge >= 0.3 is 5.97 Å². The maximum Gasteiger partial charge on any atom is 0.345 e. The average Bonchev–Trinajstić information content (AvgIpc) is 3.17. The second-order valence-electron chi connectivity index (χ2n) is 6.12. The number of nitrogens with one attached hydrogen (secondary N) is 1. The Labute approximate surface area is 167 Å². The lowest BCUT2D eigenvalue weighted by atomic mass is 10.2. The molecule has 0 bridgehead atoms. The molecule has 1 heterocycles. The second-order valence-corrected chi connectivity index (χ2v) is 9.15. The maximum absolute atomic E-state index is 12.7. The summed E-state index contributed by atoms with van der Waals surface area (Å²) in [5.41, 5.74) is 5.11. The number of sulfone groups is 1. The maximum atomic E-state index is 12.7. The van der Waals surface area contributed by atoms with E-state index in [2.05, 4.69) is 10.5 Å². The number of carbonyl (C=O) groups is 1. The van der Waals surface area contributed by atoms with E-state index in [1.165, 1.54) is 18.2 Å². The molecule has 0 fully saturated rings. The molecule has 0 unspecified atom stereocenters. The number of aryl methyl sites for hydroxylation is 1. The van der Waals surface area contributed by atoms with Crippen LogP contribution in [0.15, 0.2) is 75.6 Å². The summed E-state index contributed by atoms with van der Waals surface area (Å²) in [5, 5.41) is 13.2. The Bertz CT molecular complexity index is 1130. The minimum Gasteiger partial charge on any atom is -0.477 e. The number of aromatic carboxylic acids is 1. The van der Waals surface area contributed by atoms with Crippen molar-refractivity contribution in [1.82, 2.24) is 0 Å². The lowest BCUT2D eigenvalue weighted by Gasteiger charge is -2.07. The lowest BCUT2D eigenvalue weighted by Crippen LogP contribution is -2.02. The molecule has 0 spiro atoms. The minimum absolute atomic E-state index is 0.201. The van der Waals surface area contributed by atoms with Crippen LogP contribution in [-0.2, 0) is 9.84 Å². The van der Waals surface area contributed by atoms with Crippen molar-refractivity contribution in [2.45, 2.75) is 23.6 Å². The summed E-state index contributed by atoms with van der Waals surface area (Å²) in [6, 6.07) is 16.3. The van der Waals surface area contributed by atoms with Gasteiger partial charge in [0.2, 0.25) is 9.84 Å². The smallest absolute Gasteiger partial charge is 0.345 e. The molecule has 28 heavy (non-hydrogen) atoms. The van der Waals surface area contributed by atoms with E-state index in [9.17, 15) is 13.2 Å². The highest BCUT2D eigenvalue weighted by Crippen LogP contribution is 2.23. The first-order valence-corrected chi connectivity index (χ1v) is 10.6. The summed E-state index contributed by atoms with van der Waals surface area (Å²) in [6.45, 7) is 3.67. The molecule has 0 saturated heterocycles. The largest absolute Gasteiger partial charge is 0.477 e. The fourth-order valence-electron chi connectivity index (χ4n) is 2.41. The summed E-state index contributed by atoms with van der Waals surface area (Å²) in [7, 11) is -3.57. The molecule has 0 amide bonds. The normalized spacial score (nSPS) is 12.0. The Hall–Kier alpha value is -2.97. The van der Waals surface area contributed by atoms with Crippen LogP contribution in [0.4, 0.5) is 5.69 Å². The van der Waals surface area contributed by atoms with Crippen molar-refractivity contribution in [2.75, 3.05) is 5.43 Å².